The molecule has 1 aromatic rings. The highest BCUT2D eigenvalue weighted by molar-refractivity contribution is 6.22. The lowest BCUT2D eigenvalue weighted by Crippen LogP contribution is -2.33. The Morgan fingerprint density at radius 1 is 1.00 bits per heavy atom. The zero-order valence-electron chi connectivity index (χ0n) is 13.3. The summed E-state index contributed by atoms with van der Waals surface area (Å²) in [7, 11) is 0. The van der Waals surface area contributed by atoms with Crippen molar-refractivity contribution in [1.82, 2.24) is 0 Å². The van der Waals surface area contributed by atoms with E-state index >= 15 is 0 Å². The molecule has 4 aliphatic rings. The number of hydrogen-bond acceptors (Lipinski definition) is 4. The number of nitro groups is 1. The van der Waals surface area contributed by atoms with Gasteiger partial charge in [-0.1, -0.05) is 0 Å². The lowest BCUT2D eigenvalue weighted by Gasteiger charge is -2.19. The molecule has 2 bridgehead atoms. The Hall–Kier alpha value is -2.45. The number of nitro benzene ring substituents is 1. The standard InChI is InChI=1S/C17H13F3N2O4/c18-17(19,20)11-3-6(1-2-12(11)22(25)26)21-15(23)13-9-5-10(8-4-7(8)9)14(13)16(21)24/h1-3,7-10,13-14H,4-5H2/t7-,8+,9-,10+,13+,14-. The molecule has 1 heterocycles. The third-order valence-electron chi connectivity index (χ3n) is 6.60. The van der Waals surface area contributed by atoms with Crippen LogP contribution in [0.3, 0.4) is 0 Å². The maximum Gasteiger partial charge on any atom is 0.423 e. The summed E-state index contributed by atoms with van der Waals surface area (Å²) >= 11 is 0. The van der Waals surface area contributed by atoms with Crippen LogP contribution in [0.2, 0.25) is 0 Å². The number of fused-ring (bicyclic) bond motifs is 8. The minimum absolute atomic E-state index is 0.150. The van der Waals surface area contributed by atoms with Gasteiger partial charge in [0.15, 0.2) is 0 Å². The van der Waals surface area contributed by atoms with Crippen molar-refractivity contribution in [3.8, 4) is 0 Å². The van der Waals surface area contributed by atoms with E-state index in [-0.39, 0.29) is 17.5 Å². The van der Waals surface area contributed by atoms with Crippen LogP contribution in [-0.4, -0.2) is 16.7 Å². The number of hydrogen-bond donors (Lipinski definition) is 0. The molecule has 2 amide bonds. The average molecular weight is 366 g/mol. The Balaban J connectivity index is 1.56. The molecule has 26 heavy (non-hydrogen) atoms. The molecule has 0 aromatic heterocycles. The van der Waals surface area contributed by atoms with Gasteiger partial charge in [-0.3, -0.25) is 24.6 Å². The largest absolute Gasteiger partial charge is 0.423 e. The number of carbonyl (C=O) groups excluding carboxylic acids is 2. The molecule has 136 valence electrons. The fraction of sp³-hybridized carbons (Fsp3) is 0.529. The van der Waals surface area contributed by atoms with E-state index in [1.54, 1.807) is 0 Å². The lowest BCUT2D eigenvalue weighted by atomic mass is 9.81. The first kappa shape index (κ1) is 15.8. The van der Waals surface area contributed by atoms with Gasteiger partial charge in [0.25, 0.3) is 5.69 Å². The molecule has 0 unspecified atom stereocenters. The van der Waals surface area contributed by atoms with Gasteiger partial charge < -0.3 is 0 Å². The lowest BCUT2D eigenvalue weighted by molar-refractivity contribution is -0.388. The van der Waals surface area contributed by atoms with Crippen LogP contribution >= 0.6 is 0 Å². The van der Waals surface area contributed by atoms with E-state index in [9.17, 15) is 32.9 Å². The summed E-state index contributed by atoms with van der Waals surface area (Å²) in [6, 6.07) is 2.30. The van der Waals surface area contributed by atoms with E-state index in [1.807, 2.05) is 0 Å². The SMILES string of the molecule is O=C1[C@@H]2[C@H]3C[C@H]([C@@H]4C[C@@H]43)[C@@H]2C(=O)N1c1ccc([N+](=O)[O-])c(C(F)(F)F)c1. The summed E-state index contributed by atoms with van der Waals surface area (Å²) in [4.78, 5) is 36.2. The number of alkyl halides is 3. The molecule has 0 radical (unpaired) electrons. The van der Waals surface area contributed by atoms with Gasteiger partial charge in [-0.15, -0.1) is 0 Å². The Kier molecular flexibility index (Phi) is 2.81. The fourth-order valence-corrected chi connectivity index (χ4v) is 5.63. The number of imide groups is 1. The molecule has 5 rings (SSSR count). The van der Waals surface area contributed by atoms with Crippen LogP contribution in [0.25, 0.3) is 0 Å². The summed E-state index contributed by atoms with van der Waals surface area (Å²) < 4.78 is 39.6. The summed E-state index contributed by atoms with van der Waals surface area (Å²) in [6.45, 7) is 0. The van der Waals surface area contributed by atoms with Gasteiger partial charge >= 0.3 is 6.18 Å². The molecule has 1 aliphatic heterocycles. The summed E-state index contributed by atoms with van der Waals surface area (Å²) in [6.07, 6.45) is -3.07. The normalized spacial score (nSPS) is 37.1. The van der Waals surface area contributed by atoms with Crippen LogP contribution in [0.15, 0.2) is 18.2 Å². The molecule has 3 aliphatic carbocycles. The predicted molar refractivity (Wildman–Crippen MR) is 80.8 cm³/mol. The second-order valence-corrected chi connectivity index (χ2v) is 7.65. The average Bonchev–Trinajstić information content (AvgIpc) is 3.07. The Morgan fingerprint density at radius 2 is 1.54 bits per heavy atom. The number of nitrogens with zero attached hydrogens (tertiary/aromatic N) is 2. The molecule has 6 atom stereocenters. The molecule has 4 fully saturated rings. The van der Waals surface area contributed by atoms with Crippen LogP contribution in [0.4, 0.5) is 24.5 Å². The van der Waals surface area contributed by atoms with Gasteiger partial charge in [-0.2, -0.15) is 13.2 Å². The second kappa shape index (κ2) is 4.63. The van der Waals surface area contributed by atoms with Gasteiger partial charge in [0.2, 0.25) is 11.8 Å². The molecular formula is C17H13F3N2O4. The summed E-state index contributed by atoms with van der Waals surface area (Å²) in [5.41, 5.74) is -2.79. The van der Waals surface area contributed by atoms with Crippen LogP contribution in [-0.2, 0) is 15.8 Å². The number of halogens is 3. The van der Waals surface area contributed by atoms with Crippen LogP contribution < -0.4 is 4.90 Å². The third kappa shape index (κ3) is 1.83. The van der Waals surface area contributed by atoms with Gasteiger partial charge in [-0.05, 0) is 48.6 Å². The number of anilines is 1. The molecular weight excluding hydrogens is 353 g/mol. The van der Waals surface area contributed by atoms with E-state index in [2.05, 4.69) is 0 Å². The highest BCUT2D eigenvalue weighted by atomic mass is 19.4. The quantitative estimate of drug-likeness (QED) is 0.458. The van der Waals surface area contributed by atoms with E-state index in [0.717, 1.165) is 23.8 Å². The number of amides is 2. The minimum atomic E-state index is -4.96. The fourth-order valence-electron chi connectivity index (χ4n) is 5.63. The number of carbonyl (C=O) groups is 2. The van der Waals surface area contributed by atoms with Crippen LogP contribution in [0.5, 0.6) is 0 Å². The van der Waals surface area contributed by atoms with E-state index in [1.165, 1.54) is 0 Å². The third-order valence-corrected chi connectivity index (χ3v) is 6.60. The Labute approximate surface area is 145 Å². The van der Waals surface area contributed by atoms with Crippen molar-refractivity contribution in [2.24, 2.45) is 35.5 Å². The first-order valence-corrected chi connectivity index (χ1v) is 8.43. The highest BCUT2D eigenvalue weighted by Gasteiger charge is 2.72. The molecule has 1 saturated heterocycles. The summed E-state index contributed by atoms with van der Waals surface area (Å²) in [5, 5.41) is 10.9. The van der Waals surface area contributed by atoms with Crippen molar-refractivity contribution in [3.63, 3.8) is 0 Å². The predicted octanol–water partition coefficient (Wildman–Crippen LogP) is 3.01. The van der Waals surface area contributed by atoms with Crippen molar-refractivity contribution in [3.05, 3.63) is 33.9 Å². The zero-order chi connectivity index (χ0) is 18.5. The smallest absolute Gasteiger partial charge is 0.274 e. The van der Waals surface area contributed by atoms with Crippen molar-refractivity contribution >= 4 is 23.2 Å². The van der Waals surface area contributed by atoms with E-state index < -0.39 is 46.0 Å². The van der Waals surface area contributed by atoms with Gasteiger partial charge in [0, 0.05) is 6.07 Å². The summed E-state index contributed by atoms with van der Waals surface area (Å²) in [5.74, 6) is -0.560. The zero-order valence-corrected chi connectivity index (χ0v) is 13.3. The van der Waals surface area contributed by atoms with Gasteiger partial charge in [0.05, 0.1) is 22.4 Å². The number of benzene rings is 1. The second-order valence-electron chi connectivity index (χ2n) is 7.65. The highest BCUT2D eigenvalue weighted by Crippen LogP contribution is 2.71. The molecule has 3 saturated carbocycles. The minimum Gasteiger partial charge on any atom is -0.274 e. The van der Waals surface area contributed by atoms with Crippen LogP contribution in [0, 0.1) is 45.6 Å². The Bertz CT molecular complexity index is 851. The maximum absolute atomic E-state index is 13.2. The van der Waals surface area contributed by atoms with E-state index in [4.69, 9.17) is 0 Å². The first-order chi connectivity index (χ1) is 12.2. The van der Waals surface area contributed by atoms with Crippen LogP contribution in [0.1, 0.15) is 18.4 Å². The molecule has 9 heteroatoms. The van der Waals surface area contributed by atoms with Crippen molar-refractivity contribution in [1.29, 1.82) is 0 Å². The molecule has 0 spiro atoms. The molecule has 0 N–H and O–H groups in total. The van der Waals surface area contributed by atoms with Crippen molar-refractivity contribution in [2.45, 2.75) is 19.0 Å². The van der Waals surface area contributed by atoms with Crippen molar-refractivity contribution < 1.29 is 27.7 Å². The topological polar surface area (TPSA) is 80.5 Å². The molecule has 6 nitrogen and oxygen atoms in total. The Morgan fingerprint density at radius 3 is 2.04 bits per heavy atom. The first-order valence-electron chi connectivity index (χ1n) is 8.43. The molecule has 1 aromatic carbocycles. The van der Waals surface area contributed by atoms with Gasteiger partial charge in [0.1, 0.15) is 5.56 Å². The monoisotopic (exact) mass is 366 g/mol. The van der Waals surface area contributed by atoms with Gasteiger partial charge in [-0.25, -0.2) is 0 Å². The maximum atomic E-state index is 13.2. The van der Waals surface area contributed by atoms with Crippen molar-refractivity contribution in [2.75, 3.05) is 4.90 Å². The number of rotatable bonds is 2. The van der Waals surface area contributed by atoms with E-state index in [0.29, 0.717) is 24.0 Å².